The molecular weight excluding hydrogens is 498 g/mol. The maximum Gasteiger partial charge on any atom is 0.282 e. The number of anilines is 1. The van der Waals surface area contributed by atoms with Crippen LogP contribution in [0, 0.1) is 13.8 Å². The minimum Gasteiger partial charge on any atom is -0.335 e. The molecule has 0 aliphatic heterocycles. The maximum atomic E-state index is 13.6. The molecule has 2 aromatic heterocycles. The van der Waals surface area contributed by atoms with Crippen molar-refractivity contribution in [3.63, 3.8) is 0 Å². The van der Waals surface area contributed by atoms with Crippen LogP contribution in [0.3, 0.4) is 0 Å². The molecule has 2 heterocycles. The monoisotopic (exact) mass is 525 g/mol. The first-order chi connectivity index (χ1) is 19.5. The molecule has 6 aromatic rings. The van der Waals surface area contributed by atoms with Crippen LogP contribution in [0.1, 0.15) is 16.8 Å². The molecule has 0 spiro atoms. The van der Waals surface area contributed by atoms with Gasteiger partial charge >= 0.3 is 0 Å². The lowest BCUT2D eigenvalue weighted by Crippen LogP contribution is -2.20. The standard InChI is InChI=1S/C33H27N5O2/c1-22-16-18-25(19-17-22)35-31(39)21-37-23(2)28(26-12-7-9-15-30(26)37)20-34-38-32(24-10-4-3-5-11-24)36-29-14-8-6-13-27(29)33(38)40/h3-20H,21H2,1-2H3,(H,35,39). The lowest BCUT2D eigenvalue weighted by molar-refractivity contribution is -0.116. The number of amides is 1. The zero-order valence-electron chi connectivity index (χ0n) is 22.2. The van der Waals surface area contributed by atoms with Gasteiger partial charge in [-0.1, -0.05) is 78.4 Å². The van der Waals surface area contributed by atoms with Crippen LogP contribution in [0.15, 0.2) is 113 Å². The Balaban J connectivity index is 1.42. The summed E-state index contributed by atoms with van der Waals surface area (Å²) in [4.78, 5) is 31.4. The molecule has 4 aromatic carbocycles. The zero-order valence-corrected chi connectivity index (χ0v) is 22.2. The Morgan fingerprint density at radius 2 is 1.52 bits per heavy atom. The fraction of sp³-hybridized carbons (Fsp3) is 0.0909. The number of hydrogen-bond donors (Lipinski definition) is 1. The van der Waals surface area contributed by atoms with Gasteiger partial charge in [0.05, 0.1) is 17.1 Å². The third-order valence-corrected chi connectivity index (χ3v) is 7.00. The molecule has 7 heteroatoms. The highest BCUT2D eigenvalue weighted by Crippen LogP contribution is 2.25. The minimum absolute atomic E-state index is 0.127. The maximum absolute atomic E-state index is 13.6. The van der Waals surface area contributed by atoms with E-state index in [1.807, 2.05) is 115 Å². The molecule has 1 amide bonds. The van der Waals surface area contributed by atoms with Gasteiger partial charge in [0, 0.05) is 33.4 Å². The SMILES string of the molecule is Cc1ccc(NC(=O)Cn2c(C)c(C=Nn3c(-c4ccccc4)nc4ccccc4c3=O)c3ccccc32)cc1. The summed E-state index contributed by atoms with van der Waals surface area (Å²) in [5.41, 5.74) is 5.64. The molecule has 6 rings (SSSR count). The van der Waals surface area contributed by atoms with Crippen LogP contribution in [-0.4, -0.2) is 26.3 Å². The van der Waals surface area contributed by atoms with E-state index >= 15 is 0 Å². The predicted molar refractivity (Wildman–Crippen MR) is 161 cm³/mol. The molecule has 7 nitrogen and oxygen atoms in total. The van der Waals surface area contributed by atoms with Crippen molar-refractivity contribution in [3.8, 4) is 11.4 Å². The van der Waals surface area contributed by atoms with Crippen LogP contribution in [0.2, 0.25) is 0 Å². The van der Waals surface area contributed by atoms with Crippen molar-refractivity contribution in [2.75, 3.05) is 5.32 Å². The van der Waals surface area contributed by atoms with Crippen LogP contribution in [0.25, 0.3) is 33.2 Å². The molecule has 0 unspecified atom stereocenters. The Morgan fingerprint density at radius 3 is 2.30 bits per heavy atom. The molecule has 0 atom stereocenters. The van der Waals surface area contributed by atoms with Gasteiger partial charge < -0.3 is 9.88 Å². The average molecular weight is 526 g/mol. The Morgan fingerprint density at radius 1 is 0.850 bits per heavy atom. The minimum atomic E-state index is -0.250. The number of nitrogens with one attached hydrogen (secondary N) is 1. The van der Waals surface area contributed by atoms with Gasteiger partial charge in [0.2, 0.25) is 5.91 Å². The molecule has 40 heavy (non-hydrogen) atoms. The molecule has 1 N–H and O–H groups in total. The highest BCUT2D eigenvalue weighted by molar-refractivity contribution is 6.02. The second-order valence-electron chi connectivity index (χ2n) is 9.70. The van der Waals surface area contributed by atoms with Gasteiger partial charge in [-0.3, -0.25) is 9.59 Å². The largest absolute Gasteiger partial charge is 0.335 e. The van der Waals surface area contributed by atoms with E-state index in [0.29, 0.717) is 16.7 Å². The van der Waals surface area contributed by atoms with Crippen molar-refractivity contribution in [1.29, 1.82) is 0 Å². The molecule has 0 radical (unpaired) electrons. The third-order valence-electron chi connectivity index (χ3n) is 7.00. The first-order valence-electron chi connectivity index (χ1n) is 13.1. The molecule has 0 aliphatic carbocycles. The number of nitrogens with zero attached hydrogens (tertiary/aromatic N) is 4. The van der Waals surface area contributed by atoms with E-state index in [1.165, 1.54) is 4.68 Å². The number of hydrogen-bond acceptors (Lipinski definition) is 4. The summed E-state index contributed by atoms with van der Waals surface area (Å²) >= 11 is 0. The Bertz CT molecular complexity index is 1950. The molecular formula is C33H27N5O2. The summed E-state index contributed by atoms with van der Waals surface area (Å²) in [6.45, 7) is 4.11. The van der Waals surface area contributed by atoms with E-state index in [0.717, 1.165) is 39.0 Å². The summed E-state index contributed by atoms with van der Waals surface area (Å²) in [6, 6.07) is 32.4. The van der Waals surface area contributed by atoms with Crippen LogP contribution in [0.4, 0.5) is 5.69 Å². The van der Waals surface area contributed by atoms with Gasteiger partial charge in [0.15, 0.2) is 5.82 Å². The first-order valence-corrected chi connectivity index (χ1v) is 13.1. The highest BCUT2D eigenvalue weighted by Gasteiger charge is 2.16. The van der Waals surface area contributed by atoms with Gasteiger partial charge in [0.1, 0.15) is 6.54 Å². The van der Waals surface area contributed by atoms with Crippen molar-refractivity contribution < 1.29 is 4.79 Å². The van der Waals surface area contributed by atoms with E-state index in [2.05, 4.69) is 10.4 Å². The van der Waals surface area contributed by atoms with Crippen molar-refractivity contribution in [3.05, 3.63) is 130 Å². The van der Waals surface area contributed by atoms with Crippen molar-refractivity contribution >= 4 is 39.6 Å². The van der Waals surface area contributed by atoms with Gasteiger partial charge in [0.25, 0.3) is 5.56 Å². The van der Waals surface area contributed by atoms with Crippen LogP contribution in [-0.2, 0) is 11.3 Å². The van der Waals surface area contributed by atoms with Crippen LogP contribution >= 0.6 is 0 Å². The summed E-state index contributed by atoms with van der Waals surface area (Å²) in [5.74, 6) is 0.330. The number of para-hydroxylation sites is 2. The normalized spacial score (nSPS) is 11.4. The van der Waals surface area contributed by atoms with Gasteiger partial charge in [-0.15, -0.1) is 0 Å². The topological polar surface area (TPSA) is 81.3 Å². The molecule has 0 saturated carbocycles. The number of aromatic nitrogens is 3. The van der Waals surface area contributed by atoms with Crippen molar-refractivity contribution in [1.82, 2.24) is 14.2 Å². The summed E-state index contributed by atoms with van der Waals surface area (Å²) in [5, 5.41) is 9.10. The van der Waals surface area contributed by atoms with Gasteiger partial charge in [-0.2, -0.15) is 9.78 Å². The number of aryl methyl sites for hydroxylation is 1. The molecule has 0 bridgehead atoms. The smallest absolute Gasteiger partial charge is 0.282 e. The molecule has 196 valence electrons. The number of fused-ring (bicyclic) bond motifs is 2. The first kappa shape index (κ1) is 25.0. The highest BCUT2D eigenvalue weighted by atomic mass is 16.2. The number of carbonyl (C=O) groups is 1. The lowest BCUT2D eigenvalue weighted by Gasteiger charge is -2.10. The molecule has 0 fully saturated rings. The Hall–Kier alpha value is -5.30. The predicted octanol–water partition coefficient (Wildman–Crippen LogP) is 6.16. The third kappa shape index (κ3) is 4.69. The van der Waals surface area contributed by atoms with Crippen molar-refractivity contribution in [2.24, 2.45) is 5.10 Å². The van der Waals surface area contributed by atoms with Gasteiger partial charge in [-0.05, 0) is 44.2 Å². The quantitative estimate of drug-likeness (QED) is 0.265. The molecule has 0 aliphatic rings. The zero-order chi connectivity index (χ0) is 27.6. The van der Waals surface area contributed by atoms with E-state index in [-0.39, 0.29) is 18.0 Å². The lowest BCUT2D eigenvalue weighted by atomic mass is 10.1. The fourth-order valence-corrected chi connectivity index (χ4v) is 4.93. The van der Waals surface area contributed by atoms with E-state index in [9.17, 15) is 9.59 Å². The summed E-state index contributed by atoms with van der Waals surface area (Å²) < 4.78 is 3.33. The molecule has 0 saturated heterocycles. The summed E-state index contributed by atoms with van der Waals surface area (Å²) in [7, 11) is 0. The Labute approximate surface area is 231 Å². The number of rotatable bonds is 6. The average Bonchev–Trinajstić information content (AvgIpc) is 3.24. The number of benzene rings is 4. The fourth-order valence-electron chi connectivity index (χ4n) is 4.93. The number of carbonyl (C=O) groups excluding carboxylic acids is 1. The van der Waals surface area contributed by atoms with E-state index in [4.69, 9.17) is 4.98 Å². The van der Waals surface area contributed by atoms with Crippen LogP contribution < -0.4 is 10.9 Å². The second kappa shape index (κ2) is 10.5. The summed E-state index contributed by atoms with van der Waals surface area (Å²) in [6.07, 6.45) is 1.69. The van der Waals surface area contributed by atoms with Crippen molar-refractivity contribution in [2.45, 2.75) is 20.4 Å². The van der Waals surface area contributed by atoms with E-state index in [1.54, 1.807) is 12.3 Å². The second-order valence-corrected chi connectivity index (χ2v) is 9.70. The Kier molecular flexibility index (Phi) is 6.54. The van der Waals surface area contributed by atoms with Crippen LogP contribution in [0.5, 0.6) is 0 Å². The van der Waals surface area contributed by atoms with E-state index < -0.39 is 0 Å². The van der Waals surface area contributed by atoms with Gasteiger partial charge in [-0.25, -0.2) is 4.98 Å².